The third kappa shape index (κ3) is 2.35. The van der Waals surface area contributed by atoms with Crippen LogP contribution in [-0.2, 0) is 0 Å². The highest BCUT2D eigenvalue weighted by atomic mass is 35.5. The molecule has 22 heavy (non-hydrogen) atoms. The second-order valence-electron chi connectivity index (χ2n) is 4.80. The van der Waals surface area contributed by atoms with Crippen LogP contribution in [0.3, 0.4) is 0 Å². The van der Waals surface area contributed by atoms with E-state index in [1.165, 1.54) is 0 Å². The van der Waals surface area contributed by atoms with Gasteiger partial charge >= 0.3 is 0 Å². The van der Waals surface area contributed by atoms with Gasteiger partial charge in [-0.1, -0.05) is 71.4 Å². The van der Waals surface area contributed by atoms with E-state index in [1.54, 1.807) is 17.8 Å². The van der Waals surface area contributed by atoms with Crippen molar-refractivity contribution in [1.82, 2.24) is 14.9 Å². The molecule has 110 valence electrons. The van der Waals surface area contributed by atoms with Gasteiger partial charge in [-0.05, 0) is 12.1 Å². The minimum absolute atomic E-state index is 0.0160. The van der Waals surface area contributed by atoms with Crippen LogP contribution in [0.2, 0.25) is 10.0 Å². The smallest absolute Gasteiger partial charge is 0.212 e. The number of rotatable bonds is 2. The van der Waals surface area contributed by atoms with Crippen LogP contribution in [0.25, 0.3) is 11.4 Å². The highest BCUT2D eigenvalue weighted by Gasteiger charge is 2.29. The summed E-state index contributed by atoms with van der Waals surface area (Å²) >= 11 is 13.8. The molecule has 7 heteroatoms. The Hall–Kier alpha value is -1.69. The maximum atomic E-state index is 6.29. The molecule has 1 unspecified atom stereocenters. The fraction of sp³-hybridized carbons (Fsp3) is 0.0667. The van der Waals surface area contributed by atoms with Crippen molar-refractivity contribution in [3.05, 3.63) is 64.1 Å². The van der Waals surface area contributed by atoms with Crippen molar-refractivity contribution >= 4 is 35.0 Å². The Bertz CT molecular complexity index is 835. The molecule has 0 saturated carbocycles. The second-order valence-corrected chi connectivity index (χ2v) is 6.72. The van der Waals surface area contributed by atoms with Crippen LogP contribution in [-0.4, -0.2) is 14.9 Å². The van der Waals surface area contributed by atoms with Gasteiger partial charge in [-0.15, -0.1) is 10.2 Å². The van der Waals surface area contributed by atoms with Gasteiger partial charge in [0.1, 0.15) is 5.37 Å². The van der Waals surface area contributed by atoms with Crippen molar-refractivity contribution in [1.29, 1.82) is 0 Å². The summed E-state index contributed by atoms with van der Waals surface area (Å²) in [7, 11) is 0. The van der Waals surface area contributed by atoms with Gasteiger partial charge < -0.3 is 5.43 Å². The fourth-order valence-corrected chi connectivity index (χ4v) is 3.95. The average molecular weight is 349 g/mol. The molecule has 2 heterocycles. The zero-order valence-electron chi connectivity index (χ0n) is 11.2. The molecule has 1 aliphatic heterocycles. The molecule has 0 radical (unpaired) electrons. The molecule has 1 aromatic heterocycles. The Morgan fingerprint density at radius 3 is 2.64 bits per heavy atom. The molecule has 0 aliphatic carbocycles. The number of aromatic nitrogens is 3. The van der Waals surface area contributed by atoms with E-state index in [4.69, 9.17) is 23.2 Å². The highest BCUT2D eigenvalue weighted by molar-refractivity contribution is 7.99. The first-order chi connectivity index (χ1) is 10.7. The highest BCUT2D eigenvalue weighted by Crippen LogP contribution is 2.42. The first-order valence-corrected chi connectivity index (χ1v) is 8.25. The third-order valence-corrected chi connectivity index (χ3v) is 5.01. The van der Waals surface area contributed by atoms with Crippen molar-refractivity contribution in [2.24, 2.45) is 0 Å². The Morgan fingerprint density at radius 1 is 1.05 bits per heavy atom. The minimum atomic E-state index is -0.0160. The maximum Gasteiger partial charge on any atom is 0.212 e. The number of nitrogens with one attached hydrogen (secondary N) is 1. The van der Waals surface area contributed by atoms with Gasteiger partial charge in [0.2, 0.25) is 5.16 Å². The quantitative estimate of drug-likeness (QED) is 0.734. The van der Waals surface area contributed by atoms with Crippen LogP contribution in [0.4, 0.5) is 0 Å². The Kier molecular flexibility index (Phi) is 3.48. The molecule has 1 N–H and O–H groups in total. The number of fused-ring (bicyclic) bond motifs is 1. The van der Waals surface area contributed by atoms with E-state index >= 15 is 0 Å². The van der Waals surface area contributed by atoms with Crippen LogP contribution in [0.1, 0.15) is 10.9 Å². The van der Waals surface area contributed by atoms with Gasteiger partial charge in [0.05, 0.1) is 0 Å². The van der Waals surface area contributed by atoms with Crippen LogP contribution in [0.15, 0.2) is 53.7 Å². The first-order valence-electron chi connectivity index (χ1n) is 6.61. The fourth-order valence-electron chi connectivity index (χ4n) is 2.33. The predicted molar refractivity (Wildman–Crippen MR) is 89.9 cm³/mol. The standard InChI is InChI=1S/C15H10Cl2N4S/c16-10-6-7-11(12(17)8-10)14-20-21-13(18-19-15(21)22-14)9-4-2-1-3-5-9/h1-8,14,20H. The van der Waals surface area contributed by atoms with Gasteiger partial charge in [-0.25, -0.2) is 4.68 Å². The summed E-state index contributed by atoms with van der Waals surface area (Å²) in [5, 5.41) is 10.5. The van der Waals surface area contributed by atoms with E-state index < -0.39 is 0 Å². The average Bonchev–Trinajstić information content (AvgIpc) is 3.08. The van der Waals surface area contributed by atoms with Crippen molar-refractivity contribution in [3.8, 4) is 11.4 Å². The first kappa shape index (κ1) is 13.9. The molecular formula is C15H10Cl2N4S. The van der Waals surface area contributed by atoms with Crippen LogP contribution < -0.4 is 5.43 Å². The number of benzene rings is 2. The summed E-state index contributed by atoms with van der Waals surface area (Å²) in [6.45, 7) is 0. The second kappa shape index (κ2) is 5.50. The summed E-state index contributed by atoms with van der Waals surface area (Å²) in [5.41, 5.74) is 5.37. The number of thioether (sulfide) groups is 1. The molecule has 1 atom stereocenters. The molecule has 4 nitrogen and oxygen atoms in total. The molecule has 0 bridgehead atoms. The number of hydrogen-bond acceptors (Lipinski definition) is 4. The zero-order chi connectivity index (χ0) is 15.1. The van der Waals surface area contributed by atoms with Crippen molar-refractivity contribution in [2.45, 2.75) is 10.5 Å². The lowest BCUT2D eigenvalue weighted by molar-refractivity contribution is 0.792. The van der Waals surface area contributed by atoms with E-state index in [1.807, 2.05) is 47.1 Å². The Morgan fingerprint density at radius 2 is 1.86 bits per heavy atom. The van der Waals surface area contributed by atoms with Gasteiger partial charge in [0.25, 0.3) is 0 Å². The van der Waals surface area contributed by atoms with E-state index in [-0.39, 0.29) is 5.37 Å². The van der Waals surface area contributed by atoms with E-state index in [9.17, 15) is 0 Å². The Labute approximate surface area is 141 Å². The van der Waals surface area contributed by atoms with Gasteiger partial charge in [-0.2, -0.15) is 0 Å². The van der Waals surface area contributed by atoms with E-state index in [0.717, 1.165) is 22.1 Å². The number of hydrogen-bond donors (Lipinski definition) is 1. The largest absolute Gasteiger partial charge is 0.304 e. The van der Waals surface area contributed by atoms with Crippen LogP contribution in [0, 0.1) is 0 Å². The normalized spacial score (nSPS) is 16.4. The predicted octanol–water partition coefficient (Wildman–Crippen LogP) is 4.60. The number of nitrogens with zero attached hydrogens (tertiary/aromatic N) is 3. The topological polar surface area (TPSA) is 42.7 Å². The Balaban J connectivity index is 1.68. The third-order valence-electron chi connectivity index (χ3n) is 3.38. The lowest BCUT2D eigenvalue weighted by Gasteiger charge is -2.13. The molecular weight excluding hydrogens is 339 g/mol. The minimum Gasteiger partial charge on any atom is -0.304 e. The van der Waals surface area contributed by atoms with E-state index in [2.05, 4.69) is 15.6 Å². The lowest BCUT2D eigenvalue weighted by atomic mass is 10.2. The molecule has 1 aliphatic rings. The summed E-state index contributed by atoms with van der Waals surface area (Å²) in [4.78, 5) is 0. The van der Waals surface area contributed by atoms with E-state index in [0.29, 0.717) is 10.0 Å². The van der Waals surface area contributed by atoms with Crippen molar-refractivity contribution in [2.75, 3.05) is 5.43 Å². The molecule has 0 spiro atoms. The zero-order valence-corrected chi connectivity index (χ0v) is 13.5. The summed E-state index contributed by atoms with van der Waals surface area (Å²) in [6.07, 6.45) is 0. The molecule has 0 saturated heterocycles. The van der Waals surface area contributed by atoms with Crippen LogP contribution >= 0.6 is 35.0 Å². The summed E-state index contributed by atoms with van der Waals surface area (Å²) in [5.74, 6) is 0.788. The number of halogens is 2. The molecule has 4 rings (SSSR count). The van der Waals surface area contributed by atoms with Crippen molar-refractivity contribution < 1.29 is 0 Å². The molecule has 0 amide bonds. The van der Waals surface area contributed by atoms with Crippen molar-refractivity contribution in [3.63, 3.8) is 0 Å². The molecule has 3 aromatic rings. The summed E-state index contributed by atoms with van der Waals surface area (Å²) < 4.78 is 1.90. The van der Waals surface area contributed by atoms with Crippen LogP contribution in [0.5, 0.6) is 0 Å². The molecule has 2 aromatic carbocycles. The molecule has 0 fully saturated rings. The SMILES string of the molecule is Clc1ccc(C2Nn3c(nnc3-c3ccccc3)S2)c(Cl)c1. The van der Waals surface area contributed by atoms with Gasteiger partial charge in [-0.3, -0.25) is 0 Å². The summed E-state index contributed by atoms with van der Waals surface area (Å²) in [6, 6.07) is 15.5. The monoisotopic (exact) mass is 348 g/mol. The maximum absolute atomic E-state index is 6.29. The van der Waals surface area contributed by atoms with Gasteiger partial charge in [0.15, 0.2) is 5.82 Å². The lowest BCUT2D eigenvalue weighted by Crippen LogP contribution is -2.14. The van der Waals surface area contributed by atoms with Gasteiger partial charge in [0, 0.05) is 21.2 Å².